The van der Waals surface area contributed by atoms with E-state index in [1.165, 1.54) is 5.56 Å². The van der Waals surface area contributed by atoms with Crippen molar-refractivity contribution in [2.45, 2.75) is 13.0 Å². The molecule has 0 fully saturated rings. The van der Waals surface area contributed by atoms with Gasteiger partial charge in [0.1, 0.15) is 10.8 Å². The molecular formula is C19H18Cl2N2OS. The molecule has 130 valence electrons. The Balaban J connectivity index is 1.52. The summed E-state index contributed by atoms with van der Waals surface area (Å²) in [4.78, 5) is 5.50. The van der Waals surface area contributed by atoms with E-state index in [9.17, 15) is 0 Å². The Morgan fingerprint density at radius 2 is 1.92 bits per heavy atom. The average molecular weight is 393 g/mol. The molecular weight excluding hydrogens is 375 g/mol. The maximum absolute atomic E-state index is 6.28. The van der Waals surface area contributed by atoms with Crippen LogP contribution in [0.1, 0.15) is 10.6 Å². The van der Waals surface area contributed by atoms with Gasteiger partial charge in [-0.05, 0) is 36.7 Å². The number of nitrogens with one attached hydrogen (secondary N) is 1. The van der Waals surface area contributed by atoms with Crippen molar-refractivity contribution in [1.29, 1.82) is 0 Å². The molecule has 0 aliphatic rings. The van der Waals surface area contributed by atoms with Gasteiger partial charge in [-0.25, -0.2) is 4.98 Å². The van der Waals surface area contributed by atoms with Crippen molar-refractivity contribution >= 4 is 34.5 Å². The third kappa shape index (κ3) is 4.73. The molecule has 3 nitrogen and oxygen atoms in total. The van der Waals surface area contributed by atoms with Gasteiger partial charge < -0.3 is 10.1 Å². The summed E-state index contributed by atoms with van der Waals surface area (Å²) in [5.74, 6) is 0.881. The first-order chi connectivity index (χ1) is 12.2. The average Bonchev–Trinajstić information content (AvgIpc) is 3.10. The predicted octanol–water partition coefficient (Wildman–Crippen LogP) is 5.46. The van der Waals surface area contributed by atoms with Gasteiger partial charge in [0.15, 0.2) is 0 Å². The SMILES string of the molecule is COc1ccc(CCNCc2ncc(-c3cccc(Cl)c3Cl)s2)cc1. The van der Waals surface area contributed by atoms with E-state index in [0.29, 0.717) is 10.0 Å². The van der Waals surface area contributed by atoms with Crippen molar-refractivity contribution in [3.05, 3.63) is 69.3 Å². The highest BCUT2D eigenvalue weighted by Gasteiger charge is 2.10. The molecule has 1 heterocycles. The second-order valence-electron chi connectivity index (χ2n) is 5.49. The Labute approximate surface area is 161 Å². The van der Waals surface area contributed by atoms with Gasteiger partial charge in [0.25, 0.3) is 0 Å². The first-order valence-electron chi connectivity index (χ1n) is 7.90. The maximum atomic E-state index is 6.28. The third-order valence-electron chi connectivity index (χ3n) is 3.80. The van der Waals surface area contributed by atoms with Crippen LogP contribution in [-0.4, -0.2) is 18.6 Å². The first kappa shape index (κ1) is 18.2. The number of thiazole rings is 1. The Bertz CT molecular complexity index is 834. The van der Waals surface area contributed by atoms with Crippen LogP contribution in [0.25, 0.3) is 10.4 Å². The smallest absolute Gasteiger partial charge is 0.118 e. The van der Waals surface area contributed by atoms with Gasteiger partial charge in [-0.15, -0.1) is 11.3 Å². The number of hydrogen-bond acceptors (Lipinski definition) is 4. The number of aromatic nitrogens is 1. The van der Waals surface area contributed by atoms with E-state index in [-0.39, 0.29) is 0 Å². The summed E-state index contributed by atoms with van der Waals surface area (Å²) in [5, 5.41) is 5.59. The van der Waals surface area contributed by atoms with E-state index >= 15 is 0 Å². The number of methoxy groups -OCH3 is 1. The number of benzene rings is 2. The molecule has 25 heavy (non-hydrogen) atoms. The summed E-state index contributed by atoms with van der Waals surface area (Å²) >= 11 is 14.0. The lowest BCUT2D eigenvalue weighted by molar-refractivity contribution is 0.414. The van der Waals surface area contributed by atoms with Gasteiger partial charge in [-0.3, -0.25) is 0 Å². The molecule has 1 aromatic heterocycles. The minimum Gasteiger partial charge on any atom is -0.497 e. The highest BCUT2D eigenvalue weighted by atomic mass is 35.5. The molecule has 0 unspecified atom stereocenters. The van der Waals surface area contributed by atoms with E-state index < -0.39 is 0 Å². The largest absolute Gasteiger partial charge is 0.497 e. The molecule has 0 saturated heterocycles. The monoisotopic (exact) mass is 392 g/mol. The van der Waals surface area contributed by atoms with Gasteiger partial charge in [-0.2, -0.15) is 0 Å². The summed E-state index contributed by atoms with van der Waals surface area (Å²) in [5.41, 5.74) is 2.20. The molecule has 3 aromatic rings. The van der Waals surface area contributed by atoms with Crippen LogP contribution in [0.2, 0.25) is 10.0 Å². The van der Waals surface area contributed by atoms with Crippen molar-refractivity contribution < 1.29 is 4.74 Å². The van der Waals surface area contributed by atoms with Gasteiger partial charge in [0, 0.05) is 18.3 Å². The molecule has 0 amide bonds. The van der Waals surface area contributed by atoms with E-state index in [4.69, 9.17) is 27.9 Å². The van der Waals surface area contributed by atoms with E-state index in [1.54, 1.807) is 24.5 Å². The molecule has 2 aromatic carbocycles. The Morgan fingerprint density at radius 3 is 2.68 bits per heavy atom. The number of halogens is 2. The molecule has 1 N–H and O–H groups in total. The highest BCUT2D eigenvalue weighted by molar-refractivity contribution is 7.15. The normalized spacial score (nSPS) is 10.8. The summed E-state index contributed by atoms with van der Waals surface area (Å²) in [6, 6.07) is 13.8. The lowest BCUT2D eigenvalue weighted by Gasteiger charge is -2.05. The van der Waals surface area contributed by atoms with Crippen molar-refractivity contribution in [1.82, 2.24) is 10.3 Å². The van der Waals surface area contributed by atoms with Gasteiger partial charge in [0.2, 0.25) is 0 Å². The van der Waals surface area contributed by atoms with E-state index in [1.807, 2.05) is 30.5 Å². The predicted molar refractivity (Wildman–Crippen MR) is 106 cm³/mol. The van der Waals surface area contributed by atoms with Crippen LogP contribution < -0.4 is 10.1 Å². The zero-order chi connectivity index (χ0) is 17.6. The van der Waals surface area contributed by atoms with Crippen LogP contribution >= 0.6 is 34.5 Å². The minimum absolute atomic E-state index is 0.562. The Kier molecular flexibility index (Phi) is 6.32. The molecule has 0 atom stereocenters. The molecule has 0 aliphatic heterocycles. The van der Waals surface area contributed by atoms with E-state index in [0.717, 1.165) is 40.7 Å². The second-order valence-corrected chi connectivity index (χ2v) is 7.39. The quantitative estimate of drug-likeness (QED) is 0.542. The fraction of sp³-hybridized carbons (Fsp3) is 0.211. The maximum Gasteiger partial charge on any atom is 0.118 e. The van der Waals surface area contributed by atoms with Crippen molar-refractivity contribution in [3.8, 4) is 16.2 Å². The van der Waals surface area contributed by atoms with Crippen LogP contribution in [0, 0.1) is 0 Å². The fourth-order valence-corrected chi connectivity index (χ4v) is 3.81. The highest BCUT2D eigenvalue weighted by Crippen LogP contribution is 2.36. The number of rotatable bonds is 7. The van der Waals surface area contributed by atoms with Crippen molar-refractivity contribution in [2.75, 3.05) is 13.7 Å². The van der Waals surface area contributed by atoms with Gasteiger partial charge >= 0.3 is 0 Å². The van der Waals surface area contributed by atoms with Crippen LogP contribution in [0.5, 0.6) is 5.75 Å². The number of hydrogen-bond donors (Lipinski definition) is 1. The number of ether oxygens (including phenoxy) is 1. The Hall–Kier alpha value is -1.59. The van der Waals surface area contributed by atoms with Crippen molar-refractivity contribution in [2.24, 2.45) is 0 Å². The lowest BCUT2D eigenvalue weighted by Crippen LogP contribution is -2.16. The molecule has 3 rings (SSSR count). The topological polar surface area (TPSA) is 34.1 Å². The fourth-order valence-electron chi connectivity index (χ4n) is 2.43. The summed E-state index contributed by atoms with van der Waals surface area (Å²) in [7, 11) is 1.68. The molecule has 6 heteroatoms. The van der Waals surface area contributed by atoms with E-state index in [2.05, 4.69) is 22.4 Å². The molecule has 0 radical (unpaired) electrons. The summed E-state index contributed by atoms with van der Waals surface area (Å²) < 4.78 is 5.17. The van der Waals surface area contributed by atoms with Gasteiger partial charge in [-0.1, -0.05) is 47.5 Å². The zero-order valence-electron chi connectivity index (χ0n) is 13.8. The molecule has 0 bridgehead atoms. The van der Waals surface area contributed by atoms with Crippen LogP contribution in [0.4, 0.5) is 0 Å². The van der Waals surface area contributed by atoms with Gasteiger partial charge in [0.05, 0.1) is 22.0 Å². The van der Waals surface area contributed by atoms with Crippen molar-refractivity contribution in [3.63, 3.8) is 0 Å². The molecule has 0 spiro atoms. The summed E-state index contributed by atoms with van der Waals surface area (Å²) in [6.07, 6.45) is 2.81. The van der Waals surface area contributed by atoms with Crippen LogP contribution in [0.15, 0.2) is 48.7 Å². The number of nitrogens with zero attached hydrogens (tertiary/aromatic N) is 1. The Morgan fingerprint density at radius 1 is 1.12 bits per heavy atom. The molecule has 0 aliphatic carbocycles. The standard InChI is InChI=1S/C19H18Cl2N2OS/c1-24-14-7-5-13(6-8-14)9-10-22-12-18-23-11-17(25-18)15-3-2-4-16(20)19(15)21/h2-8,11,22H,9-10,12H2,1H3. The zero-order valence-corrected chi connectivity index (χ0v) is 16.1. The third-order valence-corrected chi connectivity index (χ3v) is 5.65. The summed E-state index contributed by atoms with van der Waals surface area (Å²) in [6.45, 7) is 1.62. The van der Waals surface area contributed by atoms with Crippen LogP contribution in [-0.2, 0) is 13.0 Å². The lowest BCUT2D eigenvalue weighted by atomic mass is 10.1. The second kappa shape index (κ2) is 8.68. The van der Waals surface area contributed by atoms with Crippen LogP contribution in [0.3, 0.4) is 0 Å². The molecule has 0 saturated carbocycles. The minimum atomic E-state index is 0.562. The first-order valence-corrected chi connectivity index (χ1v) is 9.47.